The van der Waals surface area contributed by atoms with Crippen molar-refractivity contribution < 1.29 is 39.4 Å². The van der Waals surface area contributed by atoms with Gasteiger partial charge in [-0.2, -0.15) is 16.8 Å². The van der Waals surface area contributed by atoms with Gasteiger partial charge in [0.1, 0.15) is 11.5 Å². The van der Waals surface area contributed by atoms with Crippen molar-refractivity contribution in [2.45, 2.75) is 61.9 Å². The van der Waals surface area contributed by atoms with Crippen LogP contribution in [-0.2, 0) is 46.2 Å². The molecule has 0 saturated carbocycles. The van der Waals surface area contributed by atoms with Crippen LogP contribution in [0.25, 0.3) is 0 Å². The molecule has 2 atom stereocenters. The number of hydrogen-bond donors (Lipinski definition) is 0. The summed E-state index contributed by atoms with van der Waals surface area (Å²) in [4.78, 5) is 0.235. The summed E-state index contributed by atoms with van der Waals surface area (Å²) in [5, 5.41) is 0.460. The highest BCUT2D eigenvalue weighted by molar-refractivity contribution is 7.87. The fraction of sp³-hybridized carbons (Fsp3) is 0.294. The number of rotatable bonds is 12. The summed E-state index contributed by atoms with van der Waals surface area (Å²) in [7, 11) is -7.73. The predicted octanol–water partition coefficient (Wildman–Crippen LogP) is 7.13. The Hall–Kier alpha value is -3.45. The molecular weight excluding hydrogens is 652 g/mol. The first kappa shape index (κ1) is 32.5. The van der Waals surface area contributed by atoms with Gasteiger partial charge in [0.05, 0.1) is 34.1 Å². The van der Waals surface area contributed by atoms with Crippen molar-refractivity contribution >= 4 is 31.8 Å². The molecule has 9 nitrogen and oxygen atoms in total. The van der Waals surface area contributed by atoms with E-state index >= 15 is 0 Å². The molecule has 2 unspecified atom stereocenters. The lowest BCUT2D eigenvalue weighted by Crippen LogP contribution is -2.31. The largest absolute Gasteiger partial charge is 0.459 e. The molecule has 4 aromatic carbocycles. The number of ether oxygens (including phenoxy) is 3. The van der Waals surface area contributed by atoms with E-state index in [-0.39, 0.29) is 23.0 Å². The van der Waals surface area contributed by atoms with Crippen LogP contribution < -0.4 is 9.47 Å². The van der Waals surface area contributed by atoms with Crippen LogP contribution in [0.15, 0.2) is 88.7 Å². The third-order valence-corrected chi connectivity index (χ3v) is 10.6. The third-order valence-electron chi connectivity index (χ3n) is 7.77. The van der Waals surface area contributed by atoms with Crippen LogP contribution in [-0.4, -0.2) is 30.0 Å². The van der Waals surface area contributed by atoms with E-state index in [2.05, 4.69) is 0 Å². The van der Waals surface area contributed by atoms with Gasteiger partial charge in [-0.05, 0) is 93.1 Å². The van der Waals surface area contributed by atoms with Crippen LogP contribution in [0.3, 0.4) is 0 Å². The average Bonchev–Trinajstić information content (AvgIpc) is 3.02. The minimum Gasteiger partial charge on any atom is -0.459 e. The van der Waals surface area contributed by atoms with Gasteiger partial charge in [-0.1, -0.05) is 59.1 Å². The quantitative estimate of drug-likeness (QED) is 0.114. The molecule has 2 heterocycles. The van der Waals surface area contributed by atoms with Gasteiger partial charge >= 0.3 is 0 Å². The minimum atomic E-state index is -3.87. The molecule has 4 aromatic rings. The zero-order chi connectivity index (χ0) is 32.5. The second-order valence-corrected chi connectivity index (χ2v) is 14.9. The summed E-state index contributed by atoms with van der Waals surface area (Å²) in [6.07, 6.45) is 0.278. The van der Waals surface area contributed by atoms with Crippen molar-refractivity contribution in [1.29, 1.82) is 0 Å². The van der Waals surface area contributed by atoms with Crippen molar-refractivity contribution in [1.82, 2.24) is 0 Å². The molecule has 12 heteroatoms. The number of hydrogen-bond acceptors (Lipinski definition) is 9. The number of benzene rings is 4. The monoisotopic (exact) mass is 684 g/mol. The molecule has 2 aliphatic heterocycles. The highest BCUT2D eigenvalue weighted by Gasteiger charge is 2.40. The summed E-state index contributed by atoms with van der Waals surface area (Å²) in [5.41, 5.74) is 4.91. The predicted molar refractivity (Wildman–Crippen MR) is 171 cm³/mol. The topological polar surface area (TPSA) is 114 Å². The van der Waals surface area contributed by atoms with Gasteiger partial charge in [0, 0.05) is 5.02 Å². The van der Waals surface area contributed by atoms with E-state index in [0.29, 0.717) is 53.3 Å². The lowest BCUT2D eigenvalue weighted by atomic mass is 9.99. The Morgan fingerprint density at radius 3 is 1.72 bits per heavy atom. The second kappa shape index (κ2) is 13.3. The fourth-order valence-electron chi connectivity index (χ4n) is 5.37. The van der Waals surface area contributed by atoms with Crippen LogP contribution in [0.4, 0.5) is 0 Å². The van der Waals surface area contributed by atoms with E-state index in [9.17, 15) is 16.8 Å². The number of fused-ring (bicyclic) bond motifs is 6. The second-order valence-electron chi connectivity index (χ2n) is 11.2. The Kier molecular flexibility index (Phi) is 9.43. The highest BCUT2D eigenvalue weighted by atomic mass is 35.5. The molecule has 2 aliphatic rings. The lowest BCUT2D eigenvalue weighted by molar-refractivity contribution is -0.228. The van der Waals surface area contributed by atoms with Gasteiger partial charge in [0.15, 0.2) is 0 Å². The van der Waals surface area contributed by atoms with E-state index in [1.165, 1.54) is 24.3 Å². The maximum Gasteiger partial charge on any atom is 0.296 e. The summed E-state index contributed by atoms with van der Waals surface area (Å²) >= 11 is 6.48. The summed E-state index contributed by atoms with van der Waals surface area (Å²) in [6, 6.07) is 22.2. The number of aryl methyl sites for hydroxylation is 4. The molecule has 242 valence electrons. The Bertz CT molecular complexity index is 1940. The Labute approximate surface area is 274 Å². The van der Waals surface area contributed by atoms with Crippen molar-refractivity contribution in [3.63, 3.8) is 0 Å². The van der Waals surface area contributed by atoms with Crippen molar-refractivity contribution in [2.75, 3.05) is 13.2 Å². The van der Waals surface area contributed by atoms with Gasteiger partial charge < -0.3 is 9.47 Å². The highest BCUT2D eigenvalue weighted by Crippen LogP contribution is 2.50. The van der Waals surface area contributed by atoms with Gasteiger partial charge in [-0.15, -0.1) is 0 Å². The van der Waals surface area contributed by atoms with E-state index in [0.717, 1.165) is 22.3 Å². The van der Waals surface area contributed by atoms with Crippen LogP contribution in [0.5, 0.6) is 11.5 Å². The standard InChI is InChI=1S/C34H33ClO9S2/c1-22-10-14-27(15-11-22)45(36,37)40-18-4-7-24-6-3-9-29-31(24)42-34-30-21-26(35)20-25(32(30)43-33(29)44-34)8-5-19-41-46(38,39)28-16-12-23(2)13-17-28/h3,6,9-17,20-21,33-34H,4-5,7-8,18-19H2,1-2H3. The molecular formula is C34H33ClO9S2. The first-order valence-electron chi connectivity index (χ1n) is 14.9. The molecule has 0 radical (unpaired) electrons. The van der Waals surface area contributed by atoms with Crippen LogP contribution in [0.1, 0.15) is 58.8 Å². The minimum absolute atomic E-state index is 0.0115. The molecule has 0 amide bonds. The molecule has 6 rings (SSSR count). The first-order valence-corrected chi connectivity index (χ1v) is 18.0. The lowest BCUT2D eigenvalue weighted by Gasteiger charge is -2.39. The van der Waals surface area contributed by atoms with Crippen LogP contribution in [0.2, 0.25) is 5.02 Å². The molecule has 0 fully saturated rings. The summed E-state index contributed by atoms with van der Waals surface area (Å²) in [5.74, 6) is 1.20. The Balaban J connectivity index is 1.10. The number of para-hydroxylation sites is 1. The third kappa shape index (κ3) is 7.10. The zero-order valence-electron chi connectivity index (χ0n) is 25.3. The van der Waals surface area contributed by atoms with Crippen LogP contribution >= 0.6 is 11.6 Å². The normalized spacial score (nSPS) is 17.0. The Morgan fingerprint density at radius 1 is 0.652 bits per heavy atom. The molecule has 0 aliphatic carbocycles. The SMILES string of the molecule is Cc1ccc(S(=O)(=O)OCCCc2cccc3c2OC2OC3Oc3c(CCCOS(=O)(=O)c4ccc(C)cc4)cc(Cl)cc32)cc1. The molecule has 0 saturated heterocycles. The van der Waals surface area contributed by atoms with E-state index < -0.39 is 32.8 Å². The molecule has 0 spiro atoms. The fourth-order valence-corrected chi connectivity index (χ4v) is 7.51. The maximum absolute atomic E-state index is 12.6. The van der Waals surface area contributed by atoms with E-state index in [1.807, 2.05) is 32.0 Å². The molecule has 0 N–H and O–H groups in total. The Morgan fingerprint density at radius 2 is 1.15 bits per heavy atom. The molecule has 2 bridgehead atoms. The van der Waals surface area contributed by atoms with E-state index in [1.54, 1.807) is 36.4 Å². The van der Waals surface area contributed by atoms with Crippen molar-refractivity contribution in [3.05, 3.63) is 117 Å². The van der Waals surface area contributed by atoms with Gasteiger partial charge in [0.25, 0.3) is 20.2 Å². The number of halogens is 1. The summed E-state index contributed by atoms with van der Waals surface area (Å²) in [6.45, 7) is 3.77. The van der Waals surface area contributed by atoms with Gasteiger partial charge in [0.2, 0.25) is 12.6 Å². The van der Waals surface area contributed by atoms with Gasteiger partial charge in [-0.3, -0.25) is 13.1 Å². The summed E-state index contributed by atoms with van der Waals surface area (Å²) < 4.78 is 79.6. The van der Waals surface area contributed by atoms with Crippen molar-refractivity contribution in [3.8, 4) is 11.5 Å². The van der Waals surface area contributed by atoms with Gasteiger partial charge in [-0.25, -0.2) is 0 Å². The smallest absolute Gasteiger partial charge is 0.296 e. The zero-order valence-corrected chi connectivity index (χ0v) is 27.7. The molecule has 0 aromatic heterocycles. The van der Waals surface area contributed by atoms with Crippen LogP contribution in [0, 0.1) is 13.8 Å². The van der Waals surface area contributed by atoms with E-state index in [4.69, 9.17) is 34.2 Å². The molecule has 46 heavy (non-hydrogen) atoms. The average molecular weight is 685 g/mol. The van der Waals surface area contributed by atoms with Crippen molar-refractivity contribution in [2.24, 2.45) is 0 Å². The first-order chi connectivity index (χ1) is 22.0. The maximum atomic E-state index is 12.6.